The molecule has 106 valence electrons. The zero-order valence-corrected chi connectivity index (χ0v) is 12.1. The molecule has 0 heterocycles. The van der Waals surface area contributed by atoms with E-state index < -0.39 is 12.0 Å². The average molecular weight is 265 g/mol. The first kappa shape index (κ1) is 15.5. The Morgan fingerprint density at radius 3 is 2.53 bits per heavy atom. The van der Waals surface area contributed by atoms with Crippen LogP contribution in [0.15, 0.2) is 24.3 Å². The van der Waals surface area contributed by atoms with E-state index >= 15 is 0 Å². The monoisotopic (exact) mass is 265 g/mol. The summed E-state index contributed by atoms with van der Waals surface area (Å²) in [5, 5.41) is 9.00. The van der Waals surface area contributed by atoms with Crippen molar-refractivity contribution in [3.63, 3.8) is 0 Å². The normalized spacial score (nSPS) is 12.7. The number of ether oxygens (including phenoxy) is 1. The molecule has 4 heteroatoms. The summed E-state index contributed by atoms with van der Waals surface area (Å²) in [6.45, 7) is 7.10. The average Bonchev–Trinajstić information content (AvgIpc) is 2.36. The van der Waals surface area contributed by atoms with Gasteiger partial charge in [0.15, 0.2) is 0 Å². The van der Waals surface area contributed by atoms with Crippen LogP contribution in [0.4, 0.5) is 0 Å². The Labute approximate surface area is 115 Å². The highest BCUT2D eigenvalue weighted by Crippen LogP contribution is 2.20. The largest absolute Gasteiger partial charge is 0.493 e. The number of carboxylic acid groups (broad SMARTS) is 1. The van der Waals surface area contributed by atoms with Crippen LogP contribution < -0.4 is 4.74 Å². The van der Waals surface area contributed by atoms with E-state index in [-0.39, 0.29) is 0 Å². The number of hydrogen-bond acceptors (Lipinski definition) is 3. The zero-order chi connectivity index (χ0) is 14.4. The van der Waals surface area contributed by atoms with Crippen LogP contribution in [0.1, 0.15) is 26.3 Å². The summed E-state index contributed by atoms with van der Waals surface area (Å²) in [4.78, 5) is 12.7. The van der Waals surface area contributed by atoms with Gasteiger partial charge in [0.25, 0.3) is 0 Å². The van der Waals surface area contributed by atoms with Crippen LogP contribution in [-0.4, -0.2) is 35.7 Å². The molecule has 0 aliphatic heterocycles. The summed E-state index contributed by atoms with van der Waals surface area (Å²) in [6.07, 6.45) is 0. The van der Waals surface area contributed by atoms with Crippen molar-refractivity contribution in [2.75, 3.05) is 13.7 Å². The topological polar surface area (TPSA) is 49.8 Å². The molecule has 0 aliphatic rings. The van der Waals surface area contributed by atoms with Gasteiger partial charge in [-0.1, -0.05) is 32.0 Å². The minimum Gasteiger partial charge on any atom is -0.493 e. The fraction of sp³-hybridized carbons (Fsp3) is 0.533. The number of rotatable bonds is 7. The summed E-state index contributed by atoms with van der Waals surface area (Å²) >= 11 is 0. The minimum atomic E-state index is -0.817. The van der Waals surface area contributed by atoms with Gasteiger partial charge < -0.3 is 9.84 Å². The van der Waals surface area contributed by atoms with E-state index in [1.165, 1.54) is 0 Å². The van der Waals surface area contributed by atoms with Crippen LogP contribution in [-0.2, 0) is 11.3 Å². The zero-order valence-electron chi connectivity index (χ0n) is 12.1. The van der Waals surface area contributed by atoms with Gasteiger partial charge in [0, 0.05) is 12.1 Å². The van der Waals surface area contributed by atoms with Gasteiger partial charge in [0.1, 0.15) is 11.8 Å². The molecule has 4 nitrogen and oxygen atoms in total. The van der Waals surface area contributed by atoms with Crippen molar-refractivity contribution >= 4 is 5.97 Å². The van der Waals surface area contributed by atoms with E-state index in [9.17, 15) is 4.79 Å². The third-order valence-electron chi connectivity index (χ3n) is 2.98. The van der Waals surface area contributed by atoms with Crippen LogP contribution in [0, 0.1) is 5.92 Å². The quantitative estimate of drug-likeness (QED) is 0.823. The highest BCUT2D eigenvalue weighted by molar-refractivity contribution is 5.72. The lowest BCUT2D eigenvalue weighted by Gasteiger charge is -2.22. The van der Waals surface area contributed by atoms with Crippen molar-refractivity contribution in [1.82, 2.24) is 4.90 Å². The van der Waals surface area contributed by atoms with Gasteiger partial charge in [-0.25, -0.2) is 0 Å². The van der Waals surface area contributed by atoms with Crippen molar-refractivity contribution in [3.05, 3.63) is 29.8 Å². The van der Waals surface area contributed by atoms with E-state index in [4.69, 9.17) is 9.84 Å². The first-order valence-corrected chi connectivity index (χ1v) is 6.55. The van der Waals surface area contributed by atoms with Gasteiger partial charge >= 0.3 is 5.97 Å². The Hall–Kier alpha value is -1.55. The molecule has 0 aromatic heterocycles. The van der Waals surface area contributed by atoms with Crippen molar-refractivity contribution in [1.29, 1.82) is 0 Å². The lowest BCUT2D eigenvalue weighted by molar-refractivity contribution is -0.142. The lowest BCUT2D eigenvalue weighted by atomic mass is 10.1. The molecule has 0 bridgehead atoms. The SMILES string of the molecule is CC(C)COc1ccccc1CN(C)C(C)C(=O)O. The molecule has 1 unspecified atom stereocenters. The molecule has 1 aromatic carbocycles. The molecule has 0 aliphatic carbocycles. The fourth-order valence-electron chi connectivity index (χ4n) is 1.63. The smallest absolute Gasteiger partial charge is 0.320 e. The third kappa shape index (κ3) is 4.91. The number of para-hydroxylation sites is 1. The predicted octanol–water partition coefficient (Wildman–Crippen LogP) is 2.63. The molecule has 1 rings (SSSR count). The number of hydrogen-bond donors (Lipinski definition) is 1. The highest BCUT2D eigenvalue weighted by atomic mass is 16.5. The Bertz CT molecular complexity index is 418. The molecule has 19 heavy (non-hydrogen) atoms. The van der Waals surface area contributed by atoms with Gasteiger partial charge in [-0.3, -0.25) is 9.69 Å². The number of carbonyl (C=O) groups is 1. The van der Waals surface area contributed by atoms with Crippen LogP contribution >= 0.6 is 0 Å². The molecule has 0 saturated carbocycles. The Kier molecular flexibility index (Phi) is 5.83. The number of aliphatic carboxylic acids is 1. The summed E-state index contributed by atoms with van der Waals surface area (Å²) in [7, 11) is 1.80. The maximum Gasteiger partial charge on any atom is 0.320 e. The maximum atomic E-state index is 11.0. The molecule has 0 radical (unpaired) electrons. The molecule has 1 aromatic rings. The number of carboxylic acids is 1. The first-order chi connectivity index (χ1) is 8.91. The molecule has 0 amide bonds. The van der Waals surface area contributed by atoms with Crippen molar-refractivity contribution < 1.29 is 14.6 Å². The van der Waals surface area contributed by atoms with E-state index in [0.29, 0.717) is 19.1 Å². The third-order valence-corrected chi connectivity index (χ3v) is 2.98. The standard InChI is InChI=1S/C15H23NO3/c1-11(2)10-19-14-8-6-5-7-13(14)9-16(4)12(3)15(17)18/h5-8,11-12H,9-10H2,1-4H3,(H,17,18). The highest BCUT2D eigenvalue weighted by Gasteiger charge is 2.18. The number of likely N-dealkylation sites (N-methyl/N-ethyl adjacent to an activating group) is 1. The number of benzene rings is 1. The fourth-order valence-corrected chi connectivity index (χ4v) is 1.63. The van der Waals surface area contributed by atoms with Gasteiger partial charge in [0.2, 0.25) is 0 Å². The summed E-state index contributed by atoms with van der Waals surface area (Å²) < 4.78 is 5.77. The second-order valence-electron chi connectivity index (χ2n) is 5.24. The predicted molar refractivity (Wildman–Crippen MR) is 75.3 cm³/mol. The first-order valence-electron chi connectivity index (χ1n) is 6.55. The van der Waals surface area contributed by atoms with Gasteiger partial charge in [0.05, 0.1) is 6.61 Å². The van der Waals surface area contributed by atoms with Crippen LogP contribution in [0.5, 0.6) is 5.75 Å². The molecule has 1 N–H and O–H groups in total. The second-order valence-corrected chi connectivity index (χ2v) is 5.24. The molecule has 1 atom stereocenters. The molecule has 0 fully saturated rings. The van der Waals surface area contributed by atoms with Crippen LogP contribution in [0.25, 0.3) is 0 Å². The van der Waals surface area contributed by atoms with Gasteiger partial charge in [-0.2, -0.15) is 0 Å². The van der Waals surface area contributed by atoms with E-state index in [1.807, 2.05) is 24.3 Å². The maximum absolute atomic E-state index is 11.0. The van der Waals surface area contributed by atoms with Crippen molar-refractivity contribution in [3.8, 4) is 5.75 Å². The molecular weight excluding hydrogens is 242 g/mol. The van der Waals surface area contributed by atoms with Crippen molar-refractivity contribution in [2.45, 2.75) is 33.4 Å². The Balaban J connectivity index is 2.74. The lowest BCUT2D eigenvalue weighted by Crippen LogP contribution is -2.35. The van der Waals surface area contributed by atoms with Crippen LogP contribution in [0.2, 0.25) is 0 Å². The van der Waals surface area contributed by atoms with Gasteiger partial charge in [-0.05, 0) is 26.0 Å². The molecular formula is C15H23NO3. The molecule has 0 spiro atoms. The van der Waals surface area contributed by atoms with Crippen molar-refractivity contribution in [2.24, 2.45) is 5.92 Å². The molecule has 0 saturated heterocycles. The summed E-state index contributed by atoms with van der Waals surface area (Å²) in [5.74, 6) is 0.479. The summed E-state index contributed by atoms with van der Waals surface area (Å²) in [6, 6.07) is 7.26. The second kappa shape index (κ2) is 7.14. The van der Waals surface area contributed by atoms with Crippen LogP contribution in [0.3, 0.4) is 0 Å². The minimum absolute atomic E-state index is 0.462. The Morgan fingerprint density at radius 2 is 1.95 bits per heavy atom. The van der Waals surface area contributed by atoms with Gasteiger partial charge in [-0.15, -0.1) is 0 Å². The van der Waals surface area contributed by atoms with E-state index in [1.54, 1.807) is 18.9 Å². The summed E-state index contributed by atoms with van der Waals surface area (Å²) in [5.41, 5.74) is 1.01. The van der Waals surface area contributed by atoms with E-state index in [0.717, 1.165) is 11.3 Å². The number of nitrogens with zero attached hydrogens (tertiary/aromatic N) is 1. The van der Waals surface area contributed by atoms with E-state index in [2.05, 4.69) is 13.8 Å². The Morgan fingerprint density at radius 1 is 1.32 bits per heavy atom.